The predicted molar refractivity (Wildman–Crippen MR) is 121 cm³/mol. The number of nitrogens with zero attached hydrogens (tertiary/aromatic N) is 1. The van der Waals surface area contributed by atoms with Gasteiger partial charge in [0.05, 0.1) is 11.3 Å². The van der Waals surface area contributed by atoms with E-state index in [2.05, 4.69) is 5.32 Å². The third-order valence-electron chi connectivity index (χ3n) is 6.61. The van der Waals surface area contributed by atoms with Gasteiger partial charge < -0.3 is 15.3 Å². The molecule has 0 bridgehead atoms. The first-order valence-electron chi connectivity index (χ1n) is 11.0. The van der Waals surface area contributed by atoms with Gasteiger partial charge in [0.25, 0.3) is 11.8 Å². The number of hydrogen-bond donors (Lipinski definition) is 2. The van der Waals surface area contributed by atoms with Crippen LogP contribution in [0, 0.1) is 5.92 Å². The quantitative estimate of drug-likeness (QED) is 0.606. The van der Waals surface area contributed by atoms with Crippen LogP contribution in [0.2, 0.25) is 0 Å². The molecule has 0 aromatic heterocycles. The molecule has 0 saturated heterocycles. The lowest BCUT2D eigenvalue weighted by molar-refractivity contribution is 0.0738. The number of rotatable bonds is 4. The zero-order valence-corrected chi connectivity index (χ0v) is 17.4. The highest BCUT2D eigenvalue weighted by Crippen LogP contribution is 2.33. The van der Waals surface area contributed by atoms with Gasteiger partial charge in [-0.3, -0.25) is 9.59 Å². The highest BCUT2D eigenvalue weighted by Gasteiger charge is 2.32. The predicted octanol–water partition coefficient (Wildman–Crippen LogP) is 5.33. The number of anilines is 1. The van der Waals surface area contributed by atoms with Crippen LogP contribution in [0.5, 0.6) is 5.75 Å². The molecule has 5 nitrogen and oxygen atoms in total. The SMILES string of the molecule is O=C(Nc1cccc2c1C(=O)N(CC1CCCCC1)C2)c1ccc(O)c2ccccc12. The molecule has 1 saturated carbocycles. The molecule has 1 aliphatic heterocycles. The van der Waals surface area contributed by atoms with E-state index in [1.807, 2.05) is 35.2 Å². The van der Waals surface area contributed by atoms with Crippen molar-refractivity contribution in [3.8, 4) is 5.75 Å². The number of carbonyl (C=O) groups excluding carboxylic acids is 2. The van der Waals surface area contributed by atoms with Crippen molar-refractivity contribution in [1.29, 1.82) is 0 Å². The number of fused-ring (bicyclic) bond motifs is 2. The van der Waals surface area contributed by atoms with Crippen molar-refractivity contribution < 1.29 is 14.7 Å². The van der Waals surface area contributed by atoms with Crippen molar-refractivity contribution in [3.63, 3.8) is 0 Å². The molecule has 0 unspecified atom stereocenters. The Labute approximate surface area is 181 Å². The first-order valence-corrected chi connectivity index (χ1v) is 11.0. The van der Waals surface area contributed by atoms with Gasteiger partial charge in [0.2, 0.25) is 0 Å². The normalized spacial score (nSPS) is 16.5. The van der Waals surface area contributed by atoms with Gasteiger partial charge in [0.15, 0.2) is 0 Å². The lowest BCUT2D eigenvalue weighted by atomic mass is 9.89. The maximum atomic E-state index is 13.2. The molecule has 2 amide bonds. The molecule has 0 spiro atoms. The van der Waals surface area contributed by atoms with Crippen LogP contribution < -0.4 is 5.32 Å². The largest absolute Gasteiger partial charge is 0.507 e. The number of hydrogen-bond acceptors (Lipinski definition) is 3. The van der Waals surface area contributed by atoms with Crippen LogP contribution in [0.25, 0.3) is 10.8 Å². The fourth-order valence-electron chi connectivity index (χ4n) is 5.02. The average Bonchev–Trinajstić information content (AvgIpc) is 3.11. The summed E-state index contributed by atoms with van der Waals surface area (Å²) >= 11 is 0. The van der Waals surface area contributed by atoms with Crippen molar-refractivity contribution >= 4 is 28.3 Å². The molecule has 31 heavy (non-hydrogen) atoms. The second-order valence-electron chi connectivity index (χ2n) is 8.66. The van der Waals surface area contributed by atoms with Crippen molar-refractivity contribution in [1.82, 2.24) is 4.90 Å². The minimum atomic E-state index is -0.289. The number of carbonyl (C=O) groups is 2. The van der Waals surface area contributed by atoms with Crippen LogP contribution in [0.1, 0.15) is 58.4 Å². The smallest absolute Gasteiger partial charge is 0.256 e. The molecule has 5 heteroatoms. The van der Waals surface area contributed by atoms with Gasteiger partial charge in [-0.1, -0.05) is 55.7 Å². The van der Waals surface area contributed by atoms with Gasteiger partial charge in [-0.25, -0.2) is 0 Å². The monoisotopic (exact) mass is 414 g/mol. The first-order chi connectivity index (χ1) is 15.1. The molecule has 1 fully saturated rings. The van der Waals surface area contributed by atoms with Crippen molar-refractivity contribution in [2.24, 2.45) is 5.92 Å². The summed E-state index contributed by atoms with van der Waals surface area (Å²) in [5.41, 5.74) is 2.59. The summed E-state index contributed by atoms with van der Waals surface area (Å²) < 4.78 is 0. The maximum Gasteiger partial charge on any atom is 0.256 e. The third kappa shape index (κ3) is 3.65. The summed E-state index contributed by atoms with van der Waals surface area (Å²) in [6.07, 6.45) is 6.19. The summed E-state index contributed by atoms with van der Waals surface area (Å²) in [4.78, 5) is 28.3. The summed E-state index contributed by atoms with van der Waals surface area (Å²) in [7, 11) is 0. The molecular weight excluding hydrogens is 388 g/mol. The molecule has 1 aliphatic carbocycles. The van der Waals surface area contributed by atoms with Gasteiger partial charge >= 0.3 is 0 Å². The maximum absolute atomic E-state index is 13.2. The number of benzene rings is 3. The van der Waals surface area contributed by atoms with Crippen LogP contribution in [0.3, 0.4) is 0 Å². The summed E-state index contributed by atoms with van der Waals surface area (Å²) in [5.74, 6) is 0.435. The lowest BCUT2D eigenvalue weighted by Gasteiger charge is -2.26. The Morgan fingerprint density at radius 1 is 0.968 bits per heavy atom. The van der Waals surface area contributed by atoms with Gasteiger partial charge in [-0.2, -0.15) is 0 Å². The molecule has 3 aromatic carbocycles. The Morgan fingerprint density at radius 2 is 1.74 bits per heavy atom. The van der Waals surface area contributed by atoms with Gasteiger partial charge in [-0.05, 0) is 47.9 Å². The molecule has 0 radical (unpaired) electrons. The lowest BCUT2D eigenvalue weighted by Crippen LogP contribution is -2.31. The number of aromatic hydroxyl groups is 1. The topological polar surface area (TPSA) is 69.6 Å². The van der Waals surface area contributed by atoms with E-state index >= 15 is 0 Å². The standard InChI is InChI=1S/C26H26N2O3/c29-23-14-13-21(19-10-4-5-11-20(19)23)25(30)27-22-12-6-9-18-16-28(26(31)24(18)22)15-17-7-2-1-3-8-17/h4-6,9-14,17,29H,1-3,7-8,15-16H2,(H,27,30). The van der Waals surface area contributed by atoms with Gasteiger partial charge in [-0.15, -0.1) is 0 Å². The fraction of sp³-hybridized carbons (Fsp3) is 0.308. The van der Waals surface area contributed by atoms with Crippen LogP contribution in [0.15, 0.2) is 54.6 Å². The second-order valence-corrected chi connectivity index (χ2v) is 8.66. The second kappa shape index (κ2) is 8.06. The summed E-state index contributed by atoms with van der Waals surface area (Å²) in [6.45, 7) is 1.40. The van der Waals surface area contributed by atoms with Crippen LogP contribution >= 0.6 is 0 Å². The average molecular weight is 415 g/mol. The minimum Gasteiger partial charge on any atom is -0.507 e. The van der Waals surface area contributed by atoms with Crippen molar-refractivity contribution in [3.05, 3.63) is 71.3 Å². The highest BCUT2D eigenvalue weighted by atomic mass is 16.3. The van der Waals surface area contributed by atoms with E-state index in [9.17, 15) is 14.7 Å². The number of phenolic OH excluding ortho intramolecular Hbond substituents is 1. The van der Waals surface area contributed by atoms with Gasteiger partial charge in [0.1, 0.15) is 5.75 Å². The summed E-state index contributed by atoms with van der Waals surface area (Å²) in [6, 6.07) is 16.1. The number of nitrogens with one attached hydrogen (secondary N) is 1. The van der Waals surface area contributed by atoms with E-state index in [1.54, 1.807) is 18.2 Å². The van der Waals surface area contributed by atoms with Gasteiger partial charge in [0, 0.05) is 24.0 Å². The highest BCUT2D eigenvalue weighted by molar-refractivity contribution is 6.16. The van der Waals surface area contributed by atoms with E-state index in [0.717, 1.165) is 12.1 Å². The Kier molecular flexibility index (Phi) is 5.10. The molecule has 1 heterocycles. The Bertz CT molecular complexity index is 1160. The molecule has 5 rings (SSSR count). The number of amides is 2. The van der Waals surface area contributed by atoms with Crippen LogP contribution in [-0.4, -0.2) is 28.4 Å². The van der Waals surface area contributed by atoms with E-state index in [-0.39, 0.29) is 17.6 Å². The van der Waals surface area contributed by atoms with E-state index in [4.69, 9.17) is 0 Å². The molecule has 0 atom stereocenters. The third-order valence-corrected chi connectivity index (χ3v) is 6.61. The van der Waals surface area contributed by atoms with Crippen LogP contribution in [-0.2, 0) is 6.54 Å². The fourth-order valence-corrected chi connectivity index (χ4v) is 5.02. The summed E-state index contributed by atoms with van der Waals surface area (Å²) in [5, 5.41) is 14.4. The molecule has 158 valence electrons. The zero-order valence-electron chi connectivity index (χ0n) is 17.4. The van der Waals surface area contributed by atoms with Crippen LogP contribution in [0.4, 0.5) is 5.69 Å². The van der Waals surface area contributed by atoms with Crippen molar-refractivity contribution in [2.75, 3.05) is 11.9 Å². The Morgan fingerprint density at radius 3 is 2.55 bits per heavy atom. The van der Waals surface area contributed by atoms with E-state index in [1.165, 1.54) is 38.2 Å². The zero-order chi connectivity index (χ0) is 21.4. The molecule has 3 aromatic rings. The van der Waals surface area contributed by atoms with E-state index < -0.39 is 0 Å². The van der Waals surface area contributed by atoms with E-state index in [0.29, 0.717) is 40.0 Å². The van der Waals surface area contributed by atoms with Crippen molar-refractivity contribution in [2.45, 2.75) is 38.6 Å². The Hall–Kier alpha value is -3.34. The first kappa shape index (κ1) is 19.6. The molecule has 2 aliphatic rings. The minimum absolute atomic E-state index is 0.00652. The molecule has 2 N–H and O–H groups in total. The molecular formula is C26H26N2O3. The Balaban J connectivity index is 1.40. The number of phenols is 1.